The summed E-state index contributed by atoms with van der Waals surface area (Å²) in [5.74, 6) is -1.31. The third-order valence-corrected chi connectivity index (χ3v) is 4.37. The van der Waals surface area contributed by atoms with E-state index in [2.05, 4.69) is 16.2 Å². The van der Waals surface area contributed by atoms with Gasteiger partial charge in [0.15, 0.2) is 0 Å². The number of benzene rings is 1. The van der Waals surface area contributed by atoms with E-state index in [9.17, 15) is 14.4 Å². The van der Waals surface area contributed by atoms with Crippen molar-refractivity contribution < 1.29 is 14.4 Å². The number of para-hydroxylation sites is 1. The van der Waals surface area contributed by atoms with Crippen LogP contribution in [-0.4, -0.2) is 28.8 Å². The summed E-state index contributed by atoms with van der Waals surface area (Å²) in [6, 6.07) is 14.2. The summed E-state index contributed by atoms with van der Waals surface area (Å²) in [5.41, 5.74) is 5.75. The molecule has 26 heavy (non-hydrogen) atoms. The highest BCUT2D eigenvalue weighted by Gasteiger charge is 2.13. The zero-order valence-electron chi connectivity index (χ0n) is 13.6. The summed E-state index contributed by atoms with van der Waals surface area (Å²) in [5, 5.41) is 4.26. The van der Waals surface area contributed by atoms with Crippen LogP contribution in [0.1, 0.15) is 20.0 Å². The zero-order chi connectivity index (χ0) is 18.4. The summed E-state index contributed by atoms with van der Waals surface area (Å²) >= 11 is 1.28. The molecule has 0 saturated heterocycles. The van der Waals surface area contributed by atoms with E-state index in [1.807, 2.05) is 30.6 Å². The molecule has 3 amide bonds. The van der Waals surface area contributed by atoms with Crippen LogP contribution in [0.15, 0.2) is 66.3 Å². The van der Waals surface area contributed by atoms with Crippen LogP contribution in [0.4, 0.5) is 0 Å². The molecule has 0 bridgehead atoms. The van der Waals surface area contributed by atoms with Crippen molar-refractivity contribution in [2.45, 2.75) is 0 Å². The molecule has 8 heteroatoms. The van der Waals surface area contributed by atoms with Crippen molar-refractivity contribution >= 4 is 29.1 Å². The number of amides is 3. The van der Waals surface area contributed by atoms with Gasteiger partial charge in [-0.25, -0.2) is 0 Å². The third kappa shape index (κ3) is 4.17. The number of carbonyl (C=O) groups is 3. The topological polar surface area (TPSA) is 92.2 Å². The molecule has 0 aliphatic heterocycles. The number of carbonyl (C=O) groups excluding carboxylic acids is 3. The monoisotopic (exact) mass is 368 g/mol. The summed E-state index contributed by atoms with van der Waals surface area (Å²) in [4.78, 5) is 36.5. The summed E-state index contributed by atoms with van der Waals surface area (Å²) in [6.07, 6.45) is 3.65. The van der Waals surface area contributed by atoms with E-state index in [0.717, 1.165) is 0 Å². The number of hydrogen-bond donors (Lipinski definition) is 3. The standard InChI is InChI=1S/C18H16N4O3S/c23-16(12-19-18(25)15-8-5-11-26-15)20-21-17(24)13-6-1-2-7-14(13)22-9-3-4-10-22/h1-11H,12H2,(H,19,25)(H,20,23)(H,21,24). The SMILES string of the molecule is O=C(CNC(=O)c1cccs1)NNC(=O)c1ccccc1-n1cccc1. The van der Waals surface area contributed by atoms with Crippen molar-refractivity contribution in [3.63, 3.8) is 0 Å². The predicted molar refractivity (Wildman–Crippen MR) is 98.0 cm³/mol. The van der Waals surface area contributed by atoms with Crippen molar-refractivity contribution in [3.8, 4) is 5.69 Å². The highest BCUT2D eigenvalue weighted by molar-refractivity contribution is 7.12. The first-order valence-electron chi connectivity index (χ1n) is 7.78. The molecule has 2 aromatic heterocycles. The van der Waals surface area contributed by atoms with Gasteiger partial charge in [-0.3, -0.25) is 25.2 Å². The molecule has 0 radical (unpaired) electrons. The van der Waals surface area contributed by atoms with E-state index in [1.54, 1.807) is 40.3 Å². The van der Waals surface area contributed by atoms with Crippen LogP contribution in [0.5, 0.6) is 0 Å². The van der Waals surface area contributed by atoms with Crippen molar-refractivity contribution in [2.75, 3.05) is 6.54 Å². The molecule has 7 nitrogen and oxygen atoms in total. The molecule has 3 aromatic rings. The minimum Gasteiger partial charge on any atom is -0.342 e. The van der Waals surface area contributed by atoms with Gasteiger partial charge in [0.1, 0.15) is 0 Å². The lowest BCUT2D eigenvalue weighted by atomic mass is 10.1. The quantitative estimate of drug-likeness (QED) is 0.599. The van der Waals surface area contributed by atoms with E-state index in [-0.39, 0.29) is 12.5 Å². The van der Waals surface area contributed by atoms with Crippen LogP contribution in [0.3, 0.4) is 0 Å². The molecular formula is C18H16N4O3S. The van der Waals surface area contributed by atoms with Gasteiger partial charge in [-0.1, -0.05) is 18.2 Å². The molecule has 3 N–H and O–H groups in total. The smallest absolute Gasteiger partial charge is 0.271 e. The lowest BCUT2D eigenvalue weighted by Crippen LogP contribution is -2.46. The van der Waals surface area contributed by atoms with E-state index in [0.29, 0.717) is 16.1 Å². The molecular weight excluding hydrogens is 352 g/mol. The van der Waals surface area contributed by atoms with Crippen molar-refractivity contribution in [2.24, 2.45) is 0 Å². The average Bonchev–Trinajstić information content (AvgIpc) is 3.38. The van der Waals surface area contributed by atoms with Crippen LogP contribution in [0.2, 0.25) is 0 Å². The first-order valence-corrected chi connectivity index (χ1v) is 8.66. The molecule has 2 heterocycles. The van der Waals surface area contributed by atoms with E-state index >= 15 is 0 Å². The van der Waals surface area contributed by atoms with Gasteiger partial charge in [0.2, 0.25) is 0 Å². The molecule has 0 aliphatic rings. The Morgan fingerprint density at radius 3 is 2.38 bits per heavy atom. The number of rotatable bonds is 5. The second-order valence-corrected chi connectivity index (χ2v) is 6.22. The number of nitrogens with one attached hydrogen (secondary N) is 3. The molecule has 0 saturated carbocycles. The molecule has 0 unspecified atom stereocenters. The van der Waals surface area contributed by atoms with E-state index < -0.39 is 11.8 Å². The average molecular weight is 368 g/mol. The fraction of sp³-hybridized carbons (Fsp3) is 0.0556. The Kier molecular flexibility index (Phi) is 5.45. The lowest BCUT2D eigenvalue weighted by molar-refractivity contribution is -0.120. The van der Waals surface area contributed by atoms with Gasteiger partial charge in [0, 0.05) is 12.4 Å². The Morgan fingerprint density at radius 1 is 0.885 bits per heavy atom. The summed E-state index contributed by atoms with van der Waals surface area (Å²) in [7, 11) is 0. The Morgan fingerprint density at radius 2 is 1.65 bits per heavy atom. The number of nitrogens with zero attached hydrogens (tertiary/aromatic N) is 1. The maximum absolute atomic E-state index is 12.4. The van der Waals surface area contributed by atoms with E-state index in [1.165, 1.54) is 11.3 Å². The molecule has 0 spiro atoms. The first kappa shape index (κ1) is 17.4. The molecule has 0 atom stereocenters. The number of hydrazine groups is 1. The van der Waals surface area contributed by atoms with Gasteiger partial charge >= 0.3 is 0 Å². The second kappa shape index (κ2) is 8.13. The van der Waals surface area contributed by atoms with Crippen molar-refractivity contribution in [1.29, 1.82) is 0 Å². The molecule has 3 rings (SSSR count). The molecule has 1 aromatic carbocycles. The largest absolute Gasteiger partial charge is 0.342 e. The maximum Gasteiger partial charge on any atom is 0.271 e. The van der Waals surface area contributed by atoms with Crippen LogP contribution >= 0.6 is 11.3 Å². The number of aromatic nitrogens is 1. The van der Waals surface area contributed by atoms with Gasteiger partial charge in [-0.05, 0) is 35.7 Å². The van der Waals surface area contributed by atoms with Crippen molar-refractivity contribution in [1.82, 2.24) is 20.7 Å². The fourth-order valence-electron chi connectivity index (χ4n) is 2.28. The highest BCUT2D eigenvalue weighted by atomic mass is 32.1. The minimum atomic E-state index is -0.526. The van der Waals surface area contributed by atoms with Crippen LogP contribution in [0.25, 0.3) is 5.69 Å². The fourth-order valence-corrected chi connectivity index (χ4v) is 2.92. The van der Waals surface area contributed by atoms with Crippen LogP contribution in [0, 0.1) is 0 Å². The highest BCUT2D eigenvalue weighted by Crippen LogP contribution is 2.14. The lowest BCUT2D eigenvalue weighted by Gasteiger charge is -2.12. The second-order valence-electron chi connectivity index (χ2n) is 5.27. The summed E-state index contributed by atoms with van der Waals surface area (Å²) in [6.45, 7) is -0.240. The normalized spacial score (nSPS) is 10.2. The van der Waals surface area contributed by atoms with Gasteiger partial charge in [-0.2, -0.15) is 0 Å². The van der Waals surface area contributed by atoms with Crippen LogP contribution in [-0.2, 0) is 4.79 Å². The Balaban J connectivity index is 1.54. The Hall–Kier alpha value is -3.39. The first-order chi connectivity index (χ1) is 12.6. The maximum atomic E-state index is 12.4. The minimum absolute atomic E-state index is 0.240. The third-order valence-electron chi connectivity index (χ3n) is 3.50. The van der Waals surface area contributed by atoms with Crippen LogP contribution < -0.4 is 16.2 Å². The zero-order valence-corrected chi connectivity index (χ0v) is 14.5. The Labute approximate surface area is 153 Å². The number of hydrogen-bond acceptors (Lipinski definition) is 4. The van der Waals surface area contributed by atoms with Crippen molar-refractivity contribution in [3.05, 3.63) is 76.7 Å². The molecule has 0 fully saturated rings. The molecule has 0 aliphatic carbocycles. The van der Waals surface area contributed by atoms with Gasteiger partial charge < -0.3 is 9.88 Å². The van der Waals surface area contributed by atoms with Gasteiger partial charge in [-0.15, -0.1) is 11.3 Å². The number of thiophene rings is 1. The van der Waals surface area contributed by atoms with Gasteiger partial charge in [0.05, 0.1) is 22.7 Å². The van der Waals surface area contributed by atoms with E-state index in [4.69, 9.17) is 0 Å². The summed E-state index contributed by atoms with van der Waals surface area (Å²) < 4.78 is 1.80. The predicted octanol–water partition coefficient (Wildman–Crippen LogP) is 1.73. The molecule has 132 valence electrons. The van der Waals surface area contributed by atoms with Gasteiger partial charge in [0.25, 0.3) is 17.7 Å². The Bertz CT molecular complexity index is 904.